The van der Waals surface area contributed by atoms with Gasteiger partial charge in [-0.05, 0) is 54.2 Å². The zero-order valence-corrected chi connectivity index (χ0v) is 12.6. The molecule has 1 aliphatic carbocycles. The van der Waals surface area contributed by atoms with Crippen LogP contribution in [0.3, 0.4) is 0 Å². The molecule has 1 saturated carbocycles. The lowest BCUT2D eigenvalue weighted by molar-refractivity contribution is 0.251. The summed E-state index contributed by atoms with van der Waals surface area (Å²) in [5, 5.41) is 0.850. The van der Waals surface area contributed by atoms with E-state index in [0.29, 0.717) is 5.41 Å². The van der Waals surface area contributed by atoms with Crippen molar-refractivity contribution in [3.8, 4) is 0 Å². The first-order valence-electron chi connectivity index (χ1n) is 7.30. The van der Waals surface area contributed by atoms with Crippen LogP contribution >= 0.6 is 11.6 Å². The maximum atomic E-state index is 6.03. The molecule has 0 amide bonds. The average molecular weight is 265 g/mol. The Kier molecular flexibility index (Phi) is 4.37. The smallest absolute Gasteiger partial charge is 0.0406 e. The summed E-state index contributed by atoms with van der Waals surface area (Å²) in [7, 11) is 0. The molecule has 1 unspecified atom stereocenters. The van der Waals surface area contributed by atoms with Crippen LogP contribution in [0, 0.1) is 11.8 Å². The van der Waals surface area contributed by atoms with E-state index in [0.717, 1.165) is 16.9 Å². The predicted octanol–water partition coefficient (Wildman–Crippen LogP) is 5.83. The summed E-state index contributed by atoms with van der Waals surface area (Å²) in [4.78, 5) is 0. The molecule has 0 saturated heterocycles. The minimum Gasteiger partial charge on any atom is -0.0843 e. The highest BCUT2D eigenvalue weighted by molar-refractivity contribution is 6.30. The van der Waals surface area contributed by atoms with Gasteiger partial charge in [-0.3, -0.25) is 0 Å². The molecule has 1 fully saturated rings. The second kappa shape index (κ2) is 5.65. The van der Waals surface area contributed by atoms with Crippen LogP contribution in [0.5, 0.6) is 0 Å². The summed E-state index contributed by atoms with van der Waals surface area (Å²) in [6.07, 6.45) is 6.78. The third kappa shape index (κ3) is 2.74. The minimum absolute atomic E-state index is 0.412. The summed E-state index contributed by atoms with van der Waals surface area (Å²) in [5.74, 6) is 1.55. The molecule has 0 aliphatic heterocycles. The van der Waals surface area contributed by atoms with E-state index < -0.39 is 0 Å². The second-order valence-corrected chi connectivity index (χ2v) is 6.84. The van der Waals surface area contributed by atoms with Crippen molar-refractivity contribution in [1.82, 2.24) is 0 Å². The molecule has 1 atom stereocenters. The van der Waals surface area contributed by atoms with Gasteiger partial charge in [-0.25, -0.2) is 0 Å². The van der Waals surface area contributed by atoms with Crippen molar-refractivity contribution in [1.29, 1.82) is 0 Å². The third-order valence-electron chi connectivity index (χ3n) is 4.68. The standard InChI is InChI=1S/C17H25Cl/c1-13(2)12-14(3)17(10-4-5-11-17)15-6-8-16(18)9-7-15/h6-9,13-14H,4-5,10-12H2,1-3H3. The fourth-order valence-corrected chi connectivity index (χ4v) is 3.91. The molecule has 18 heavy (non-hydrogen) atoms. The van der Waals surface area contributed by atoms with Gasteiger partial charge < -0.3 is 0 Å². The first-order chi connectivity index (χ1) is 8.54. The fraction of sp³-hybridized carbons (Fsp3) is 0.647. The first-order valence-corrected chi connectivity index (χ1v) is 7.68. The maximum absolute atomic E-state index is 6.03. The van der Waals surface area contributed by atoms with E-state index in [2.05, 4.69) is 45.0 Å². The van der Waals surface area contributed by atoms with E-state index in [-0.39, 0.29) is 0 Å². The Balaban J connectivity index is 2.28. The molecule has 1 heteroatoms. The van der Waals surface area contributed by atoms with E-state index in [1.165, 1.54) is 37.7 Å². The van der Waals surface area contributed by atoms with Crippen molar-refractivity contribution < 1.29 is 0 Å². The molecule has 0 N–H and O–H groups in total. The lowest BCUT2D eigenvalue weighted by Gasteiger charge is -2.37. The van der Waals surface area contributed by atoms with Crippen LogP contribution in [-0.4, -0.2) is 0 Å². The maximum Gasteiger partial charge on any atom is 0.0406 e. The van der Waals surface area contributed by atoms with Gasteiger partial charge in [0.1, 0.15) is 0 Å². The van der Waals surface area contributed by atoms with E-state index >= 15 is 0 Å². The highest BCUT2D eigenvalue weighted by atomic mass is 35.5. The molecular weight excluding hydrogens is 240 g/mol. The number of rotatable bonds is 4. The van der Waals surface area contributed by atoms with E-state index in [1.54, 1.807) is 0 Å². The van der Waals surface area contributed by atoms with Crippen molar-refractivity contribution in [3.63, 3.8) is 0 Å². The van der Waals surface area contributed by atoms with E-state index in [1.807, 2.05) is 0 Å². The Hall–Kier alpha value is -0.490. The van der Waals surface area contributed by atoms with Gasteiger partial charge in [0.25, 0.3) is 0 Å². The Morgan fingerprint density at radius 2 is 1.61 bits per heavy atom. The second-order valence-electron chi connectivity index (χ2n) is 6.40. The summed E-state index contributed by atoms with van der Waals surface area (Å²) in [6.45, 7) is 7.11. The highest BCUT2D eigenvalue weighted by Gasteiger charge is 2.40. The normalized spacial score (nSPS) is 20.3. The summed E-state index contributed by atoms with van der Waals surface area (Å²) in [5.41, 5.74) is 1.92. The SMILES string of the molecule is CC(C)CC(C)C1(c2ccc(Cl)cc2)CCCC1. The topological polar surface area (TPSA) is 0 Å². The van der Waals surface area contributed by atoms with Crippen LogP contribution in [0.1, 0.15) is 58.4 Å². The molecule has 0 heterocycles. The Morgan fingerprint density at radius 3 is 2.11 bits per heavy atom. The molecule has 1 aromatic rings. The quantitative estimate of drug-likeness (QED) is 0.641. The largest absolute Gasteiger partial charge is 0.0843 e. The summed E-state index contributed by atoms with van der Waals surface area (Å²) in [6, 6.07) is 8.62. The number of benzene rings is 1. The predicted molar refractivity (Wildman–Crippen MR) is 80.2 cm³/mol. The van der Waals surface area contributed by atoms with Gasteiger partial charge >= 0.3 is 0 Å². The van der Waals surface area contributed by atoms with Gasteiger partial charge in [-0.1, -0.05) is 57.3 Å². The fourth-order valence-electron chi connectivity index (χ4n) is 3.79. The van der Waals surface area contributed by atoms with Crippen LogP contribution < -0.4 is 0 Å². The summed E-state index contributed by atoms with van der Waals surface area (Å²) >= 11 is 6.03. The van der Waals surface area contributed by atoms with Crippen LogP contribution in [0.2, 0.25) is 5.02 Å². The third-order valence-corrected chi connectivity index (χ3v) is 4.94. The monoisotopic (exact) mass is 264 g/mol. The molecule has 0 bridgehead atoms. The zero-order chi connectivity index (χ0) is 13.2. The van der Waals surface area contributed by atoms with Crippen molar-refractivity contribution in [2.75, 3.05) is 0 Å². The van der Waals surface area contributed by atoms with Crippen LogP contribution in [-0.2, 0) is 5.41 Å². The van der Waals surface area contributed by atoms with Gasteiger partial charge in [0.05, 0.1) is 0 Å². The zero-order valence-electron chi connectivity index (χ0n) is 11.9. The average Bonchev–Trinajstić information content (AvgIpc) is 2.79. The molecular formula is C17H25Cl. The Bertz CT molecular complexity index is 371. The molecule has 1 aliphatic rings. The summed E-state index contributed by atoms with van der Waals surface area (Å²) < 4.78 is 0. The minimum atomic E-state index is 0.412. The van der Waals surface area contributed by atoms with Crippen LogP contribution in [0.4, 0.5) is 0 Å². The van der Waals surface area contributed by atoms with Crippen molar-refractivity contribution in [3.05, 3.63) is 34.9 Å². The number of hydrogen-bond acceptors (Lipinski definition) is 0. The van der Waals surface area contributed by atoms with Gasteiger partial charge in [0, 0.05) is 5.02 Å². The van der Waals surface area contributed by atoms with Crippen LogP contribution in [0.25, 0.3) is 0 Å². The first kappa shape index (κ1) is 13.9. The van der Waals surface area contributed by atoms with E-state index in [9.17, 15) is 0 Å². The van der Waals surface area contributed by atoms with Crippen LogP contribution in [0.15, 0.2) is 24.3 Å². The lowest BCUT2D eigenvalue weighted by atomic mass is 9.67. The molecule has 0 aromatic heterocycles. The van der Waals surface area contributed by atoms with Crippen molar-refractivity contribution in [2.45, 2.75) is 58.3 Å². The number of halogens is 1. The van der Waals surface area contributed by atoms with Gasteiger partial charge in [-0.2, -0.15) is 0 Å². The molecule has 0 spiro atoms. The molecule has 2 rings (SSSR count). The van der Waals surface area contributed by atoms with Gasteiger partial charge in [0.2, 0.25) is 0 Å². The molecule has 0 radical (unpaired) electrons. The van der Waals surface area contributed by atoms with Gasteiger partial charge in [-0.15, -0.1) is 0 Å². The highest BCUT2D eigenvalue weighted by Crippen LogP contribution is 2.48. The van der Waals surface area contributed by atoms with Crippen molar-refractivity contribution >= 4 is 11.6 Å². The van der Waals surface area contributed by atoms with E-state index in [4.69, 9.17) is 11.6 Å². The Labute approximate surface area is 117 Å². The van der Waals surface area contributed by atoms with Gasteiger partial charge in [0.15, 0.2) is 0 Å². The van der Waals surface area contributed by atoms with Crippen molar-refractivity contribution in [2.24, 2.45) is 11.8 Å². The Morgan fingerprint density at radius 1 is 1.06 bits per heavy atom. The number of hydrogen-bond donors (Lipinski definition) is 0. The lowest BCUT2D eigenvalue weighted by Crippen LogP contribution is -2.31. The molecule has 1 aromatic carbocycles. The molecule has 0 nitrogen and oxygen atoms in total. The molecule has 100 valence electrons.